The highest BCUT2D eigenvalue weighted by Crippen LogP contribution is 2.18. The standard InChI is InChI=1S/C14H19Cl2N7/c1-11-8-13(22(6-4-15)7-5-16)3-2-12(11)9-18-20-14-21-19-10-23(14)17/h2-3,8-10H,4-7,17H2,1H3,(H,20,21). The van der Waals surface area contributed by atoms with Gasteiger partial charge in [-0.05, 0) is 30.2 Å². The van der Waals surface area contributed by atoms with E-state index in [1.54, 1.807) is 6.21 Å². The summed E-state index contributed by atoms with van der Waals surface area (Å²) in [5.74, 6) is 7.07. The number of nitrogen functional groups attached to an aromatic ring is 1. The van der Waals surface area contributed by atoms with Crippen LogP contribution < -0.4 is 16.2 Å². The van der Waals surface area contributed by atoms with Crippen LogP contribution in [-0.2, 0) is 0 Å². The monoisotopic (exact) mass is 355 g/mol. The average Bonchev–Trinajstić information content (AvgIpc) is 2.94. The Labute approximate surface area is 145 Å². The summed E-state index contributed by atoms with van der Waals surface area (Å²) in [6, 6.07) is 6.11. The van der Waals surface area contributed by atoms with E-state index < -0.39 is 0 Å². The van der Waals surface area contributed by atoms with Gasteiger partial charge in [0.25, 0.3) is 5.95 Å². The van der Waals surface area contributed by atoms with Gasteiger partial charge in [0.2, 0.25) is 0 Å². The number of hydrogen-bond donors (Lipinski definition) is 2. The number of halogens is 2. The third-order valence-electron chi connectivity index (χ3n) is 3.27. The Morgan fingerprint density at radius 2 is 2.09 bits per heavy atom. The van der Waals surface area contributed by atoms with Crippen molar-refractivity contribution in [3.05, 3.63) is 35.7 Å². The molecule has 0 saturated heterocycles. The number of nitrogens with zero attached hydrogens (tertiary/aromatic N) is 5. The summed E-state index contributed by atoms with van der Waals surface area (Å²) in [7, 11) is 0. The summed E-state index contributed by atoms with van der Waals surface area (Å²) in [6.45, 7) is 3.54. The first-order chi connectivity index (χ1) is 11.2. The van der Waals surface area contributed by atoms with Gasteiger partial charge in [-0.2, -0.15) is 5.10 Å². The summed E-state index contributed by atoms with van der Waals surface area (Å²) in [5, 5.41) is 11.6. The average molecular weight is 356 g/mol. The van der Waals surface area contributed by atoms with Crippen LogP contribution in [-0.4, -0.2) is 45.9 Å². The molecule has 0 bridgehead atoms. The van der Waals surface area contributed by atoms with Crippen LogP contribution in [0.25, 0.3) is 0 Å². The molecule has 0 aliphatic heterocycles. The molecule has 1 aromatic heterocycles. The van der Waals surface area contributed by atoms with E-state index in [1.165, 1.54) is 11.0 Å². The topological polar surface area (TPSA) is 84.4 Å². The molecule has 0 aliphatic rings. The second kappa shape index (κ2) is 8.59. The third kappa shape index (κ3) is 4.74. The molecule has 0 aliphatic carbocycles. The third-order valence-corrected chi connectivity index (χ3v) is 3.61. The number of nitrogens with one attached hydrogen (secondary N) is 1. The molecule has 7 nitrogen and oxygen atoms in total. The first kappa shape index (κ1) is 17.4. The van der Waals surface area contributed by atoms with Gasteiger partial charge >= 0.3 is 0 Å². The molecule has 0 radical (unpaired) electrons. The largest absolute Gasteiger partial charge is 0.369 e. The van der Waals surface area contributed by atoms with Gasteiger partial charge in [-0.25, -0.2) is 10.1 Å². The number of benzene rings is 1. The highest BCUT2D eigenvalue weighted by molar-refractivity contribution is 6.18. The fourth-order valence-corrected chi connectivity index (χ4v) is 2.47. The minimum atomic E-state index is 0.367. The van der Waals surface area contributed by atoms with Crippen molar-refractivity contribution in [1.82, 2.24) is 14.9 Å². The van der Waals surface area contributed by atoms with Crippen LogP contribution in [0.2, 0.25) is 0 Å². The van der Waals surface area contributed by atoms with Crippen molar-refractivity contribution in [3.8, 4) is 0 Å². The van der Waals surface area contributed by atoms with Gasteiger partial charge in [0, 0.05) is 30.5 Å². The molecule has 124 valence electrons. The number of aryl methyl sites for hydroxylation is 1. The Morgan fingerprint density at radius 1 is 1.35 bits per heavy atom. The van der Waals surface area contributed by atoms with Crippen LogP contribution in [0.1, 0.15) is 11.1 Å². The Kier molecular flexibility index (Phi) is 6.49. The van der Waals surface area contributed by atoms with E-state index in [-0.39, 0.29) is 0 Å². The Morgan fingerprint density at radius 3 is 2.65 bits per heavy atom. The van der Waals surface area contributed by atoms with Gasteiger partial charge in [-0.3, -0.25) is 0 Å². The minimum Gasteiger partial charge on any atom is -0.369 e. The van der Waals surface area contributed by atoms with Crippen LogP contribution in [0, 0.1) is 6.92 Å². The van der Waals surface area contributed by atoms with E-state index >= 15 is 0 Å². The molecule has 3 N–H and O–H groups in total. The molecule has 0 amide bonds. The molecule has 0 spiro atoms. The van der Waals surface area contributed by atoms with Crippen LogP contribution in [0.3, 0.4) is 0 Å². The second-order valence-electron chi connectivity index (χ2n) is 4.84. The minimum absolute atomic E-state index is 0.367. The number of hydrazone groups is 1. The van der Waals surface area contributed by atoms with Gasteiger partial charge < -0.3 is 10.7 Å². The van der Waals surface area contributed by atoms with Crippen LogP contribution in [0.4, 0.5) is 11.6 Å². The molecule has 1 aromatic carbocycles. The lowest BCUT2D eigenvalue weighted by Crippen LogP contribution is -2.27. The van der Waals surface area contributed by atoms with Crippen molar-refractivity contribution in [3.63, 3.8) is 0 Å². The zero-order chi connectivity index (χ0) is 16.7. The predicted molar refractivity (Wildman–Crippen MR) is 96.2 cm³/mol. The number of nitrogens with two attached hydrogens (primary N) is 1. The van der Waals surface area contributed by atoms with E-state index in [4.69, 9.17) is 29.0 Å². The highest BCUT2D eigenvalue weighted by atomic mass is 35.5. The fourth-order valence-electron chi connectivity index (χ4n) is 2.06. The molecule has 2 aromatic rings. The molecule has 1 heterocycles. The maximum Gasteiger partial charge on any atom is 0.263 e. The van der Waals surface area contributed by atoms with Gasteiger partial charge in [0.15, 0.2) is 0 Å². The fraction of sp³-hybridized carbons (Fsp3) is 0.357. The van der Waals surface area contributed by atoms with Crippen LogP contribution in [0.15, 0.2) is 29.6 Å². The molecule has 0 saturated carbocycles. The van der Waals surface area contributed by atoms with E-state index in [9.17, 15) is 0 Å². The molecule has 0 fully saturated rings. The number of hydrogen-bond acceptors (Lipinski definition) is 6. The van der Waals surface area contributed by atoms with Crippen molar-refractivity contribution in [2.24, 2.45) is 5.10 Å². The Balaban J connectivity index is 2.07. The maximum atomic E-state index is 5.85. The smallest absolute Gasteiger partial charge is 0.263 e. The zero-order valence-electron chi connectivity index (χ0n) is 12.8. The summed E-state index contributed by atoms with van der Waals surface area (Å²) < 4.78 is 1.25. The predicted octanol–water partition coefficient (Wildman–Crippen LogP) is 2.03. The molecule has 0 atom stereocenters. The van der Waals surface area contributed by atoms with E-state index in [1.807, 2.05) is 19.1 Å². The second-order valence-corrected chi connectivity index (χ2v) is 5.59. The van der Waals surface area contributed by atoms with Gasteiger partial charge in [0.1, 0.15) is 6.33 Å². The number of anilines is 2. The molecular formula is C14H19Cl2N7. The first-order valence-corrected chi connectivity index (χ1v) is 8.14. The number of aromatic nitrogens is 3. The Bertz CT molecular complexity index is 650. The van der Waals surface area contributed by atoms with Crippen molar-refractivity contribution < 1.29 is 0 Å². The van der Waals surface area contributed by atoms with Crippen LogP contribution in [0.5, 0.6) is 0 Å². The lowest BCUT2D eigenvalue weighted by molar-refractivity contribution is 0.873. The summed E-state index contributed by atoms with van der Waals surface area (Å²) in [6.07, 6.45) is 3.10. The number of alkyl halides is 2. The van der Waals surface area contributed by atoms with Crippen LogP contribution >= 0.6 is 23.2 Å². The quantitative estimate of drug-likeness (QED) is 0.327. The summed E-state index contributed by atoms with van der Waals surface area (Å²) in [5.41, 5.74) is 5.91. The molecule has 9 heteroatoms. The summed E-state index contributed by atoms with van der Waals surface area (Å²) in [4.78, 5) is 2.16. The van der Waals surface area contributed by atoms with E-state index in [0.29, 0.717) is 17.7 Å². The van der Waals surface area contributed by atoms with Crippen molar-refractivity contribution >= 4 is 41.1 Å². The normalized spacial score (nSPS) is 11.1. The first-order valence-electron chi connectivity index (χ1n) is 7.07. The van der Waals surface area contributed by atoms with Gasteiger partial charge in [0.05, 0.1) is 6.21 Å². The SMILES string of the molecule is Cc1cc(N(CCCl)CCCl)ccc1C=NNc1nncn1N. The van der Waals surface area contributed by atoms with E-state index in [0.717, 1.165) is 29.9 Å². The lowest BCUT2D eigenvalue weighted by Gasteiger charge is -2.23. The van der Waals surface area contributed by atoms with E-state index in [2.05, 4.69) is 31.7 Å². The molecule has 23 heavy (non-hydrogen) atoms. The molecule has 2 rings (SSSR count). The van der Waals surface area contributed by atoms with Gasteiger partial charge in [-0.15, -0.1) is 33.4 Å². The Hall–Kier alpha value is -1.99. The van der Waals surface area contributed by atoms with Crippen molar-refractivity contribution in [2.75, 3.05) is 41.0 Å². The summed E-state index contributed by atoms with van der Waals surface area (Å²) >= 11 is 11.7. The maximum absolute atomic E-state index is 5.85. The highest BCUT2D eigenvalue weighted by Gasteiger charge is 2.07. The van der Waals surface area contributed by atoms with Crippen molar-refractivity contribution in [1.29, 1.82) is 0 Å². The van der Waals surface area contributed by atoms with Crippen molar-refractivity contribution in [2.45, 2.75) is 6.92 Å². The lowest BCUT2D eigenvalue weighted by atomic mass is 10.1. The van der Waals surface area contributed by atoms with Gasteiger partial charge in [-0.1, -0.05) is 6.07 Å². The zero-order valence-corrected chi connectivity index (χ0v) is 14.3. The molecular weight excluding hydrogens is 337 g/mol. The molecule has 0 unspecified atom stereocenters. The number of rotatable bonds is 8.